The lowest BCUT2D eigenvalue weighted by Crippen LogP contribution is -2.22. The third kappa shape index (κ3) is 3.73. The van der Waals surface area contributed by atoms with Gasteiger partial charge in [0.1, 0.15) is 0 Å². The Bertz CT molecular complexity index is 187. The van der Waals surface area contributed by atoms with Crippen molar-refractivity contribution < 1.29 is 0 Å². The fraction of sp³-hybridized carbons (Fsp3) is 0.714. The first-order chi connectivity index (χ1) is 5.93. The van der Waals surface area contributed by atoms with Crippen LogP contribution in [-0.4, -0.2) is 40.1 Å². The molecule has 0 atom stereocenters. The average Bonchev–Trinajstić information content (AvgIpc) is 2.57. The van der Waals surface area contributed by atoms with Crippen molar-refractivity contribution in [1.82, 2.24) is 20.3 Å². The van der Waals surface area contributed by atoms with Gasteiger partial charge in [0.05, 0.1) is 12.7 Å². The Balaban J connectivity index is 1.96. The topological polar surface area (TPSA) is 42.7 Å². The number of nitrogens with one attached hydrogen (secondary N) is 1. The molecule has 0 saturated carbocycles. The standard InChI is InChI=1S/C7H14N4S/c1-12-7-4-8-2-5-11-6-3-9-10-11/h3,6,8H,2,4-5,7H2,1H3. The first-order valence-corrected chi connectivity index (χ1v) is 5.36. The van der Waals surface area contributed by atoms with Gasteiger partial charge in [0.15, 0.2) is 0 Å². The van der Waals surface area contributed by atoms with E-state index in [-0.39, 0.29) is 0 Å². The molecule has 68 valence electrons. The van der Waals surface area contributed by atoms with Crippen LogP contribution in [0.25, 0.3) is 0 Å². The van der Waals surface area contributed by atoms with E-state index in [4.69, 9.17) is 0 Å². The summed E-state index contributed by atoms with van der Waals surface area (Å²) in [5.74, 6) is 1.16. The Hall–Kier alpha value is -0.550. The monoisotopic (exact) mass is 186 g/mol. The van der Waals surface area contributed by atoms with Gasteiger partial charge in [-0.25, -0.2) is 0 Å². The average molecular weight is 186 g/mol. The van der Waals surface area contributed by atoms with E-state index in [2.05, 4.69) is 21.9 Å². The van der Waals surface area contributed by atoms with Crippen molar-refractivity contribution in [1.29, 1.82) is 0 Å². The predicted octanol–water partition coefficient (Wildman–Crippen LogP) is 0.231. The summed E-state index contributed by atoms with van der Waals surface area (Å²) in [6.45, 7) is 2.92. The summed E-state index contributed by atoms with van der Waals surface area (Å²) in [5.41, 5.74) is 0. The predicted molar refractivity (Wildman–Crippen MR) is 51.3 cm³/mol. The van der Waals surface area contributed by atoms with Crippen LogP contribution in [0.15, 0.2) is 12.4 Å². The van der Waals surface area contributed by atoms with E-state index in [1.807, 2.05) is 22.6 Å². The van der Waals surface area contributed by atoms with Crippen molar-refractivity contribution in [3.05, 3.63) is 12.4 Å². The van der Waals surface area contributed by atoms with Gasteiger partial charge >= 0.3 is 0 Å². The molecule has 0 fully saturated rings. The summed E-state index contributed by atoms with van der Waals surface area (Å²) >= 11 is 1.85. The summed E-state index contributed by atoms with van der Waals surface area (Å²) < 4.78 is 1.83. The molecule has 1 rings (SSSR count). The molecule has 0 aliphatic rings. The quantitative estimate of drug-likeness (QED) is 0.646. The Kier molecular flexibility index (Phi) is 4.79. The van der Waals surface area contributed by atoms with Gasteiger partial charge in [-0.1, -0.05) is 5.21 Å². The molecule has 0 saturated heterocycles. The molecule has 0 amide bonds. The van der Waals surface area contributed by atoms with E-state index in [0.29, 0.717) is 0 Å². The highest BCUT2D eigenvalue weighted by Gasteiger charge is 1.89. The second-order valence-electron chi connectivity index (χ2n) is 2.41. The zero-order valence-corrected chi connectivity index (χ0v) is 8.05. The highest BCUT2D eigenvalue weighted by atomic mass is 32.2. The minimum atomic E-state index is 0.897. The van der Waals surface area contributed by atoms with Crippen molar-refractivity contribution in [2.24, 2.45) is 0 Å². The van der Waals surface area contributed by atoms with Crippen molar-refractivity contribution >= 4 is 11.8 Å². The third-order valence-corrected chi connectivity index (χ3v) is 2.08. The molecule has 1 aromatic heterocycles. The third-order valence-electron chi connectivity index (χ3n) is 1.47. The maximum Gasteiger partial charge on any atom is 0.0692 e. The molecule has 1 aromatic rings. The highest BCUT2D eigenvalue weighted by Crippen LogP contribution is 1.86. The molecule has 0 aliphatic heterocycles. The highest BCUT2D eigenvalue weighted by molar-refractivity contribution is 7.98. The number of hydrogen-bond donors (Lipinski definition) is 1. The van der Waals surface area contributed by atoms with E-state index >= 15 is 0 Å². The fourth-order valence-corrected chi connectivity index (χ4v) is 1.19. The number of aromatic nitrogens is 3. The normalized spacial score (nSPS) is 10.4. The summed E-state index contributed by atoms with van der Waals surface area (Å²) in [6.07, 6.45) is 5.68. The zero-order chi connectivity index (χ0) is 8.65. The van der Waals surface area contributed by atoms with Gasteiger partial charge in [-0.3, -0.25) is 4.68 Å². The molecule has 4 nitrogen and oxygen atoms in total. The molecule has 0 radical (unpaired) electrons. The van der Waals surface area contributed by atoms with Crippen LogP contribution in [0.2, 0.25) is 0 Å². The minimum Gasteiger partial charge on any atom is -0.314 e. The molecular formula is C7H14N4S. The molecule has 5 heteroatoms. The summed E-state index contributed by atoms with van der Waals surface area (Å²) in [5, 5.41) is 10.9. The smallest absolute Gasteiger partial charge is 0.0692 e. The van der Waals surface area contributed by atoms with Gasteiger partial charge in [-0.05, 0) is 6.26 Å². The Morgan fingerprint density at radius 2 is 2.42 bits per heavy atom. The number of hydrogen-bond acceptors (Lipinski definition) is 4. The first kappa shape index (κ1) is 9.54. The van der Waals surface area contributed by atoms with Crippen LogP contribution in [0.4, 0.5) is 0 Å². The first-order valence-electron chi connectivity index (χ1n) is 3.97. The Morgan fingerprint density at radius 3 is 3.08 bits per heavy atom. The molecule has 0 spiro atoms. The van der Waals surface area contributed by atoms with Gasteiger partial charge in [-0.15, -0.1) is 5.10 Å². The summed E-state index contributed by atoms with van der Waals surface area (Å²) in [6, 6.07) is 0. The van der Waals surface area contributed by atoms with Crippen LogP contribution in [0, 0.1) is 0 Å². The number of nitrogens with zero attached hydrogens (tertiary/aromatic N) is 3. The summed E-state index contributed by atoms with van der Waals surface area (Å²) in [7, 11) is 0. The fourth-order valence-electron chi connectivity index (χ4n) is 0.845. The van der Waals surface area contributed by atoms with Gasteiger partial charge in [-0.2, -0.15) is 11.8 Å². The van der Waals surface area contributed by atoms with Gasteiger partial charge < -0.3 is 5.32 Å². The van der Waals surface area contributed by atoms with Crippen LogP contribution in [0.3, 0.4) is 0 Å². The van der Waals surface area contributed by atoms with E-state index in [1.165, 1.54) is 0 Å². The molecule has 1 heterocycles. The van der Waals surface area contributed by atoms with Gasteiger partial charge in [0.2, 0.25) is 0 Å². The molecular weight excluding hydrogens is 172 g/mol. The SMILES string of the molecule is CSCCNCCn1ccnn1. The lowest BCUT2D eigenvalue weighted by atomic mass is 10.6. The second-order valence-corrected chi connectivity index (χ2v) is 3.39. The van der Waals surface area contributed by atoms with E-state index in [0.717, 1.165) is 25.4 Å². The molecule has 0 aromatic carbocycles. The van der Waals surface area contributed by atoms with Crippen molar-refractivity contribution in [3.63, 3.8) is 0 Å². The van der Waals surface area contributed by atoms with E-state index < -0.39 is 0 Å². The van der Waals surface area contributed by atoms with Crippen LogP contribution in [0.1, 0.15) is 0 Å². The zero-order valence-electron chi connectivity index (χ0n) is 7.23. The van der Waals surface area contributed by atoms with Crippen molar-refractivity contribution in [2.45, 2.75) is 6.54 Å². The second kappa shape index (κ2) is 6.02. The number of thioether (sulfide) groups is 1. The number of rotatable bonds is 6. The molecule has 1 N–H and O–H groups in total. The Morgan fingerprint density at radius 1 is 1.50 bits per heavy atom. The molecule has 0 aliphatic carbocycles. The molecule has 0 bridgehead atoms. The van der Waals surface area contributed by atoms with Crippen LogP contribution in [-0.2, 0) is 6.54 Å². The van der Waals surface area contributed by atoms with Crippen molar-refractivity contribution in [3.8, 4) is 0 Å². The lowest BCUT2D eigenvalue weighted by Gasteiger charge is -2.02. The lowest BCUT2D eigenvalue weighted by molar-refractivity contribution is 0.550. The van der Waals surface area contributed by atoms with E-state index in [1.54, 1.807) is 6.20 Å². The van der Waals surface area contributed by atoms with Crippen LogP contribution < -0.4 is 5.32 Å². The van der Waals surface area contributed by atoms with Crippen LogP contribution >= 0.6 is 11.8 Å². The maximum atomic E-state index is 3.86. The van der Waals surface area contributed by atoms with Crippen molar-refractivity contribution in [2.75, 3.05) is 25.1 Å². The largest absolute Gasteiger partial charge is 0.314 e. The minimum absolute atomic E-state index is 0.897. The Labute approximate surface area is 76.7 Å². The van der Waals surface area contributed by atoms with E-state index in [9.17, 15) is 0 Å². The van der Waals surface area contributed by atoms with Gasteiger partial charge in [0.25, 0.3) is 0 Å². The molecule has 0 unspecified atom stereocenters. The van der Waals surface area contributed by atoms with Crippen LogP contribution in [0.5, 0.6) is 0 Å². The summed E-state index contributed by atoms with van der Waals surface area (Å²) in [4.78, 5) is 0. The molecule has 12 heavy (non-hydrogen) atoms. The van der Waals surface area contributed by atoms with Gasteiger partial charge in [0, 0.05) is 25.0 Å². The maximum absolute atomic E-state index is 3.86.